The van der Waals surface area contributed by atoms with E-state index in [-0.39, 0.29) is 23.6 Å². The van der Waals surface area contributed by atoms with Gasteiger partial charge in [0.15, 0.2) is 11.9 Å². The Morgan fingerprint density at radius 2 is 1.91 bits per heavy atom. The molecule has 1 aromatic heterocycles. The summed E-state index contributed by atoms with van der Waals surface area (Å²) in [4.78, 5) is 53.1. The van der Waals surface area contributed by atoms with E-state index in [0.717, 1.165) is 16.0 Å². The van der Waals surface area contributed by atoms with Crippen LogP contribution in [0.4, 0.5) is 0 Å². The van der Waals surface area contributed by atoms with Gasteiger partial charge in [0.05, 0.1) is 11.5 Å². The van der Waals surface area contributed by atoms with E-state index in [4.69, 9.17) is 18.9 Å². The summed E-state index contributed by atoms with van der Waals surface area (Å²) in [5.74, 6) is -2.58. The quantitative estimate of drug-likeness (QED) is 0.142. The molecule has 11 atom stereocenters. The van der Waals surface area contributed by atoms with Gasteiger partial charge in [-0.25, -0.2) is 9.59 Å². The number of esters is 3. The first-order chi connectivity index (χ1) is 22.2. The van der Waals surface area contributed by atoms with E-state index in [2.05, 4.69) is 0 Å². The number of ether oxygens (including phenoxy) is 4. The highest BCUT2D eigenvalue weighted by Crippen LogP contribution is 2.74. The lowest BCUT2D eigenvalue weighted by molar-refractivity contribution is -0.225. The molecule has 10 heteroatoms. The summed E-state index contributed by atoms with van der Waals surface area (Å²) in [7, 11) is 0. The molecule has 9 nitrogen and oxygen atoms in total. The van der Waals surface area contributed by atoms with Gasteiger partial charge in [-0.2, -0.15) is 0 Å². The molecule has 2 aliphatic heterocycles. The number of rotatable bonds is 6. The van der Waals surface area contributed by atoms with Crippen LogP contribution >= 0.6 is 11.3 Å². The smallest absolute Gasteiger partial charge is 0.333 e. The van der Waals surface area contributed by atoms with E-state index in [1.165, 1.54) is 30.4 Å². The maximum absolute atomic E-state index is 14.0. The van der Waals surface area contributed by atoms with Gasteiger partial charge >= 0.3 is 17.9 Å². The number of carbonyl (C=O) groups is 4. The normalized spacial score (nSPS) is 42.5. The largest absolute Gasteiger partial charge is 0.458 e. The second-order valence-electron chi connectivity index (χ2n) is 14.7. The molecule has 4 aliphatic carbocycles. The molecule has 7 rings (SSSR count). The number of epoxide rings is 1. The van der Waals surface area contributed by atoms with E-state index in [1.54, 1.807) is 19.1 Å². The SMILES string of the molecule is CC(=O)OC1C=C(C(C)C2CC(C)=C(C)C(=O)O2)C2(C)CCC3C(CC4OC45C(OC(=O)C=Cc4cccs4)C=CC(=O)C35C)C12O. The van der Waals surface area contributed by atoms with E-state index in [1.807, 2.05) is 51.3 Å². The van der Waals surface area contributed by atoms with E-state index in [9.17, 15) is 24.3 Å². The van der Waals surface area contributed by atoms with Gasteiger partial charge in [0.1, 0.15) is 23.4 Å². The van der Waals surface area contributed by atoms with Crippen molar-refractivity contribution in [3.8, 4) is 0 Å². The van der Waals surface area contributed by atoms with Gasteiger partial charge < -0.3 is 24.1 Å². The zero-order valence-corrected chi connectivity index (χ0v) is 28.4. The van der Waals surface area contributed by atoms with Crippen molar-refractivity contribution in [1.82, 2.24) is 0 Å². The molecule has 250 valence electrons. The Kier molecular flexibility index (Phi) is 7.43. The molecule has 1 aromatic rings. The average Bonchev–Trinajstić information content (AvgIpc) is 3.42. The van der Waals surface area contributed by atoms with Crippen LogP contribution in [0.2, 0.25) is 0 Å². The molecular weight excluding hydrogens is 620 g/mol. The molecular formula is C37H42O9S. The Bertz CT molecular complexity index is 1670. The highest BCUT2D eigenvalue weighted by atomic mass is 32.1. The lowest BCUT2D eigenvalue weighted by Crippen LogP contribution is -2.70. The highest BCUT2D eigenvalue weighted by molar-refractivity contribution is 7.10. The van der Waals surface area contributed by atoms with Gasteiger partial charge in [-0.05, 0) is 87.6 Å². The molecule has 0 bridgehead atoms. The Hall–Kier alpha value is -3.34. The van der Waals surface area contributed by atoms with Crippen LogP contribution in [-0.4, -0.2) is 64.4 Å². The highest BCUT2D eigenvalue weighted by Gasteiger charge is 2.83. The Balaban J connectivity index is 1.21. The Morgan fingerprint density at radius 3 is 2.60 bits per heavy atom. The van der Waals surface area contributed by atoms with E-state index in [0.29, 0.717) is 31.3 Å². The molecule has 1 spiro atoms. The van der Waals surface area contributed by atoms with Gasteiger partial charge in [0, 0.05) is 41.2 Å². The van der Waals surface area contributed by atoms with Crippen LogP contribution in [0.1, 0.15) is 72.1 Å². The van der Waals surface area contributed by atoms with Crippen molar-refractivity contribution < 1.29 is 43.2 Å². The fourth-order valence-corrected chi connectivity index (χ4v) is 10.6. The van der Waals surface area contributed by atoms with Crippen LogP contribution in [0, 0.1) is 28.6 Å². The van der Waals surface area contributed by atoms with Gasteiger partial charge in [-0.3, -0.25) is 9.59 Å². The molecule has 47 heavy (non-hydrogen) atoms. The first-order valence-corrected chi connectivity index (χ1v) is 17.4. The Labute approximate surface area is 278 Å². The van der Waals surface area contributed by atoms with Crippen molar-refractivity contribution in [2.45, 2.75) is 103 Å². The molecule has 1 N–H and O–H groups in total. The maximum atomic E-state index is 14.0. The zero-order chi connectivity index (χ0) is 33.7. The second-order valence-corrected chi connectivity index (χ2v) is 15.6. The summed E-state index contributed by atoms with van der Waals surface area (Å²) in [5, 5.41) is 15.0. The van der Waals surface area contributed by atoms with Crippen molar-refractivity contribution in [3.63, 3.8) is 0 Å². The van der Waals surface area contributed by atoms with Crippen molar-refractivity contribution in [2.75, 3.05) is 0 Å². The summed E-state index contributed by atoms with van der Waals surface area (Å²) < 4.78 is 24.2. The number of carbonyl (C=O) groups excluding carboxylic acids is 4. The average molecular weight is 663 g/mol. The maximum Gasteiger partial charge on any atom is 0.333 e. The number of cyclic esters (lactones) is 1. The summed E-state index contributed by atoms with van der Waals surface area (Å²) in [6, 6.07) is 3.80. The third-order valence-electron chi connectivity index (χ3n) is 12.7. The van der Waals surface area contributed by atoms with E-state index >= 15 is 0 Å². The zero-order valence-electron chi connectivity index (χ0n) is 27.6. The van der Waals surface area contributed by atoms with Crippen LogP contribution in [0.25, 0.3) is 6.08 Å². The molecule has 0 radical (unpaired) electrons. The standard InChI is InChI=1S/C37H42O9S/c1-19-16-27(44-33(41)20(19)2)21(3)25-17-30(43-22(4)38)36(42)26-18-31-37(46-31)29(45-32(40)12-9-23-8-7-15-47-23)11-10-28(39)35(37,6)24(26)13-14-34(25,36)5/h7-12,15,17,21,24,26-27,29-31,42H,13-14,16,18H2,1-6H3. The lowest BCUT2D eigenvalue weighted by Gasteiger charge is -2.61. The first kappa shape index (κ1) is 32.2. The van der Waals surface area contributed by atoms with Gasteiger partial charge in [0.2, 0.25) is 0 Å². The van der Waals surface area contributed by atoms with Crippen molar-refractivity contribution >= 4 is 41.1 Å². The predicted octanol–water partition coefficient (Wildman–Crippen LogP) is 5.28. The number of thiophene rings is 1. The molecule has 1 saturated heterocycles. The predicted molar refractivity (Wildman–Crippen MR) is 173 cm³/mol. The van der Waals surface area contributed by atoms with Gasteiger partial charge in [-0.1, -0.05) is 31.1 Å². The number of allylic oxidation sites excluding steroid dienone is 1. The monoisotopic (exact) mass is 662 g/mol. The van der Waals surface area contributed by atoms with Crippen LogP contribution in [0.15, 0.2) is 58.5 Å². The van der Waals surface area contributed by atoms with E-state index < -0.39 is 64.3 Å². The van der Waals surface area contributed by atoms with Crippen LogP contribution in [0.3, 0.4) is 0 Å². The van der Waals surface area contributed by atoms with Crippen LogP contribution in [0.5, 0.6) is 0 Å². The molecule has 2 saturated carbocycles. The Morgan fingerprint density at radius 1 is 1.15 bits per heavy atom. The van der Waals surface area contributed by atoms with Crippen molar-refractivity contribution in [2.24, 2.45) is 28.6 Å². The van der Waals surface area contributed by atoms with Crippen molar-refractivity contribution in [1.29, 1.82) is 0 Å². The third kappa shape index (κ3) is 4.40. The van der Waals surface area contributed by atoms with Crippen LogP contribution < -0.4 is 0 Å². The lowest BCUT2D eigenvalue weighted by atomic mass is 9.42. The molecule has 0 aromatic carbocycles. The minimum absolute atomic E-state index is 0.126. The summed E-state index contributed by atoms with van der Waals surface area (Å²) >= 11 is 1.51. The fraction of sp³-hybridized carbons (Fsp3) is 0.568. The minimum atomic E-state index is -1.55. The topological polar surface area (TPSA) is 129 Å². The van der Waals surface area contributed by atoms with Gasteiger partial charge in [0.25, 0.3) is 0 Å². The molecule has 3 fully saturated rings. The number of ketones is 1. The van der Waals surface area contributed by atoms with Crippen molar-refractivity contribution in [3.05, 3.63) is 63.4 Å². The summed E-state index contributed by atoms with van der Waals surface area (Å²) in [6.07, 6.45) is 7.54. The van der Waals surface area contributed by atoms with Gasteiger partial charge in [-0.15, -0.1) is 11.3 Å². The first-order valence-electron chi connectivity index (χ1n) is 16.5. The summed E-state index contributed by atoms with van der Waals surface area (Å²) in [5.41, 5.74) is -2.04. The summed E-state index contributed by atoms with van der Waals surface area (Å²) in [6.45, 7) is 10.9. The molecule has 3 heterocycles. The molecule has 11 unspecified atom stereocenters. The second kappa shape index (κ2) is 10.8. The minimum Gasteiger partial charge on any atom is -0.458 e. The van der Waals surface area contributed by atoms with Crippen LogP contribution in [-0.2, 0) is 38.1 Å². The number of fused-ring (bicyclic) bond motifs is 4. The molecule has 6 aliphatic rings. The number of hydrogen-bond acceptors (Lipinski definition) is 10. The molecule has 0 amide bonds. The number of aliphatic hydroxyl groups is 1. The number of hydrogen-bond donors (Lipinski definition) is 1. The fourth-order valence-electron chi connectivity index (χ4n) is 9.95. The third-order valence-corrected chi connectivity index (χ3v) is 13.5.